The van der Waals surface area contributed by atoms with Crippen LogP contribution in [-0.2, 0) is 11.2 Å². The topological polar surface area (TPSA) is 42.0 Å². The third kappa shape index (κ3) is 2.48. The molecule has 0 saturated heterocycles. The normalized spacial score (nSPS) is 15.8. The molecule has 0 unspecified atom stereocenters. The predicted octanol–water partition coefficient (Wildman–Crippen LogP) is 3.46. The number of fused-ring (bicyclic) bond motifs is 3. The van der Waals surface area contributed by atoms with E-state index in [0.29, 0.717) is 6.54 Å². The molecule has 1 aromatic carbocycles. The lowest BCUT2D eigenvalue weighted by Crippen LogP contribution is -2.20. The minimum atomic E-state index is 0.0377. The van der Waals surface area contributed by atoms with E-state index in [4.69, 9.17) is 0 Å². The first-order chi connectivity index (χ1) is 9.65. The molecule has 1 aliphatic carbocycles. The van der Waals surface area contributed by atoms with Crippen LogP contribution in [0.4, 0.5) is 0 Å². The Kier molecular flexibility index (Phi) is 3.57. The number of hydrogen-bond donors (Lipinski definition) is 1. The van der Waals surface area contributed by atoms with Gasteiger partial charge in [0.2, 0.25) is 5.91 Å². The molecule has 0 fully saturated rings. The Morgan fingerprint density at radius 1 is 1.45 bits per heavy atom. The molecule has 2 aromatic rings. The quantitative estimate of drug-likeness (QED) is 0.878. The van der Waals surface area contributed by atoms with Gasteiger partial charge >= 0.3 is 0 Å². The molecule has 0 bridgehead atoms. The highest BCUT2D eigenvalue weighted by Crippen LogP contribution is 2.40. The minimum Gasteiger partial charge on any atom is -0.356 e. The van der Waals surface area contributed by atoms with E-state index in [1.807, 2.05) is 0 Å². The highest BCUT2D eigenvalue weighted by molar-refractivity contribution is 7.18. The molecule has 1 aromatic heterocycles. The summed E-state index contributed by atoms with van der Waals surface area (Å²) in [5, 5.41) is 3.96. The maximum Gasteiger partial charge on any atom is 0.216 e. The Labute approximate surface area is 122 Å². The van der Waals surface area contributed by atoms with Crippen LogP contribution in [0.2, 0.25) is 0 Å². The van der Waals surface area contributed by atoms with E-state index in [-0.39, 0.29) is 5.91 Å². The summed E-state index contributed by atoms with van der Waals surface area (Å²) in [6.07, 6.45) is 5.39. The lowest BCUT2D eigenvalue weighted by molar-refractivity contribution is -0.118. The number of benzene rings is 1. The SMILES string of the molecule is CC(=O)NCC/C=C1\CCc2ccc3nc(C)sc3c21. The van der Waals surface area contributed by atoms with Crippen LogP contribution in [0, 0.1) is 6.92 Å². The number of nitrogens with zero attached hydrogens (tertiary/aromatic N) is 1. The number of aromatic nitrogens is 1. The highest BCUT2D eigenvalue weighted by atomic mass is 32.1. The van der Waals surface area contributed by atoms with Gasteiger partial charge < -0.3 is 5.32 Å². The van der Waals surface area contributed by atoms with Crippen molar-refractivity contribution in [3.63, 3.8) is 0 Å². The van der Waals surface area contributed by atoms with Crippen LogP contribution < -0.4 is 5.32 Å². The monoisotopic (exact) mass is 286 g/mol. The summed E-state index contributed by atoms with van der Waals surface area (Å²) in [6, 6.07) is 4.35. The molecule has 0 atom stereocenters. The van der Waals surface area contributed by atoms with Crippen molar-refractivity contribution < 1.29 is 4.79 Å². The zero-order chi connectivity index (χ0) is 14.1. The molecular weight excluding hydrogens is 268 g/mol. The smallest absolute Gasteiger partial charge is 0.216 e. The zero-order valence-electron chi connectivity index (χ0n) is 11.8. The number of hydrogen-bond acceptors (Lipinski definition) is 3. The van der Waals surface area contributed by atoms with E-state index in [2.05, 4.69) is 35.4 Å². The molecule has 0 aliphatic heterocycles. The average molecular weight is 286 g/mol. The van der Waals surface area contributed by atoms with Gasteiger partial charge in [0.25, 0.3) is 0 Å². The molecule has 0 radical (unpaired) electrons. The van der Waals surface area contributed by atoms with Gasteiger partial charge in [-0.3, -0.25) is 4.79 Å². The first-order valence-electron chi connectivity index (χ1n) is 6.98. The van der Waals surface area contributed by atoms with Gasteiger partial charge in [0.15, 0.2) is 0 Å². The van der Waals surface area contributed by atoms with Crippen molar-refractivity contribution in [2.45, 2.75) is 33.1 Å². The molecule has 0 spiro atoms. The molecule has 0 saturated carbocycles. The average Bonchev–Trinajstić information content (AvgIpc) is 2.96. The predicted molar refractivity (Wildman–Crippen MR) is 84.0 cm³/mol. The number of rotatable bonds is 3. The van der Waals surface area contributed by atoms with E-state index < -0.39 is 0 Å². The number of amides is 1. The first kappa shape index (κ1) is 13.3. The van der Waals surface area contributed by atoms with Crippen molar-refractivity contribution >= 4 is 33.0 Å². The fourth-order valence-corrected chi connectivity index (χ4v) is 3.82. The summed E-state index contributed by atoms with van der Waals surface area (Å²) in [6.45, 7) is 4.33. The van der Waals surface area contributed by atoms with Crippen LogP contribution >= 0.6 is 11.3 Å². The van der Waals surface area contributed by atoms with Crippen LogP contribution in [0.15, 0.2) is 18.2 Å². The summed E-state index contributed by atoms with van der Waals surface area (Å²) in [4.78, 5) is 15.5. The molecule has 104 valence electrons. The Morgan fingerprint density at radius 3 is 3.10 bits per heavy atom. The summed E-state index contributed by atoms with van der Waals surface area (Å²) < 4.78 is 1.32. The van der Waals surface area contributed by atoms with Gasteiger partial charge in [0, 0.05) is 19.0 Å². The number of nitrogens with one attached hydrogen (secondary N) is 1. The molecule has 1 N–H and O–H groups in total. The van der Waals surface area contributed by atoms with Gasteiger partial charge in [0.1, 0.15) is 0 Å². The maximum absolute atomic E-state index is 10.9. The summed E-state index contributed by atoms with van der Waals surface area (Å²) in [5.74, 6) is 0.0377. The molecule has 20 heavy (non-hydrogen) atoms. The standard InChI is InChI=1S/C16H18N2OS/c1-10(19)17-9-3-4-12-5-6-13-7-8-14-16(15(12)13)20-11(2)18-14/h4,7-8H,3,5-6,9H2,1-2H3,(H,17,19)/b12-4+. The second kappa shape index (κ2) is 5.37. The molecule has 3 nitrogen and oxygen atoms in total. The summed E-state index contributed by atoms with van der Waals surface area (Å²) in [7, 11) is 0. The molecule has 1 heterocycles. The number of aryl methyl sites for hydroxylation is 2. The number of carbonyl (C=O) groups excluding carboxylic acids is 1. The molecule has 4 heteroatoms. The van der Waals surface area contributed by atoms with E-state index >= 15 is 0 Å². The van der Waals surface area contributed by atoms with Gasteiger partial charge in [0.05, 0.1) is 15.2 Å². The number of allylic oxidation sites excluding steroid dienone is 1. The van der Waals surface area contributed by atoms with Gasteiger partial charge in [-0.05, 0) is 43.4 Å². The van der Waals surface area contributed by atoms with Gasteiger partial charge in [-0.15, -0.1) is 11.3 Å². The minimum absolute atomic E-state index is 0.0377. The van der Waals surface area contributed by atoms with Crippen LogP contribution in [0.25, 0.3) is 15.8 Å². The Bertz CT molecular complexity index is 700. The van der Waals surface area contributed by atoms with E-state index in [1.165, 1.54) is 21.4 Å². The largest absolute Gasteiger partial charge is 0.356 e. The maximum atomic E-state index is 10.9. The fourth-order valence-electron chi connectivity index (χ4n) is 2.80. The zero-order valence-corrected chi connectivity index (χ0v) is 12.6. The van der Waals surface area contributed by atoms with Gasteiger partial charge in [-0.25, -0.2) is 4.98 Å². The van der Waals surface area contributed by atoms with Crippen molar-refractivity contribution in [2.75, 3.05) is 6.54 Å². The van der Waals surface area contributed by atoms with Crippen molar-refractivity contribution in [1.82, 2.24) is 10.3 Å². The first-order valence-corrected chi connectivity index (χ1v) is 7.79. The second-order valence-corrected chi connectivity index (χ2v) is 6.39. The Balaban J connectivity index is 1.90. The summed E-state index contributed by atoms with van der Waals surface area (Å²) >= 11 is 1.78. The number of carbonyl (C=O) groups is 1. The van der Waals surface area contributed by atoms with Crippen molar-refractivity contribution in [1.29, 1.82) is 0 Å². The van der Waals surface area contributed by atoms with Crippen LogP contribution in [0.5, 0.6) is 0 Å². The number of thiazole rings is 1. The van der Waals surface area contributed by atoms with Crippen molar-refractivity contribution in [2.24, 2.45) is 0 Å². The lowest BCUT2D eigenvalue weighted by atomic mass is 10.1. The van der Waals surface area contributed by atoms with E-state index in [0.717, 1.165) is 29.8 Å². The van der Waals surface area contributed by atoms with Crippen LogP contribution in [-0.4, -0.2) is 17.4 Å². The second-order valence-electron chi connectivity index (χ2n) is 5.18. The molecular formula is C16H18N2OS. The summed E-state index contributed by atoms with van der Waals surface area (Å²) in [5.41, 5.74) is 5.36. The van der Waals surface area contributed by atoms with Crippen LogP contribution in [0.3, 0.4) is 0 Å². The third-order valence-corrected chi connectivity index (χ3v) is 4.65. The fraction of sp³-hybridized carbons (Fsp3) is 0.375. The third-order valence-electron chi connectivity index (χ3n) is 3.64. The van der Waals surface area contributed by atoms with Crippen molar-refractivity contribution in [3.8, 4) is 0 Å². The van der Waals surface area contributed by atoms with Gasteiger partial charge in [-0.1, -0.05) is 12.1 Å². The van der Waals surface area contributed by atoms with E-state index in [9.17, 15) is 4.79 Å². The van der Waals surface area contributed by atoms with Crippen molar-refractivity contribution in [3.05, 3.63) is 34.3 Å². The lowest BCUT2D eigenvalue weighted by Gasteiger charge is -2.03. The van der Waals surface area contributed by atoms with Gasteiger partial charge in [-0.2, -0.15) is 0 Å². The van der Waals surface area contributed by atoms with E-state index in [1.54, 1.807) is 18.3 Å². The Hall–Kier alpha value is -1.68. The molecule has 1 amide bonds. The molecule has 1 aliphatic rings. The Morgan fingerprint density at radius 2 is 2.30 bits per heavy atom. The molecule has 3 rings (SSSR count). The van der Waals surface area contributed by atoms with Crippen LogP contribution in [0.1, 0.15) is 35.9 Å². The highest BCUT2D eigenvalue weighted by Gasteiger charge is 2.20.